The molecule has 20 heavy (non-hydrogen) atoms. The summed E-state index contributed by atoms with van der Waals surface area (Å²) in [5.74, 6) is -0.486. The summed E-state index contributed by atoms with van der Waals surface area (Å²) in [6, 6.07) is 3.11. The molecule has 1 aromatic heterocycles. The van der Waals surface area contributed by atoms with Crippen molar-refractivity contribution in [2.24, 2.45) is 5.73 Å². The van der Waals surface area contributed by atoms with Crippen molar-refractivity contribution in [2.45, 2.75) is 6.92 Å². The number of hydrogen-bond donors (Lipinski definition) is 2. The van der Waals surface area contributed by atoms with E-state index >= 15 is 0 Å². The third-order valence-corrected chi connectivity index (χ3v) is 3.06. The van der Waals surface area contributed by atoms with Crippen LogP contribution in [0, 0.1) is 6.92 Å². The minimum atomic E-state index is -0.634. The third kappa shape index (κ3) is 3.27. The number of rotatable bonds is 3. The first-order valence-electron chi connectivity index (χ1n) is 5.31. The van der Waals surface area contributed by atoms with Gasteiger partial charge in [-0.3, -0.25) is 4.79 Å². The highest BCUT2D eigenvalue weighted by Gasteiger charge is 2.12. The SMILES string of the molecule is Cc1cc(Cl)c(C(N)=O)cc1Nc1nc(Cl)nc(Cl)n1. The Hall–Kier alpha value is -1.63. The number of carbonyl (C=O) groups excluding carboxylic acids is 1. The Bertz CT molecular complexity index is 672. The lowest BCUT2D eigenvalue weighted by Gasteiger charge is -2.11. The van der Waals surface area contributed by atoms with Crippen LogP contribution in [0.2, 0.25) is 15.6 Å². The molecule has 2 rings (SSSR count). The number of anilines is 2. The number of amides is 1. The summed E-state index contributed by atoms with van der Waals surface area (Å²) in [5, 5.41) is 3.06. The Balaban J connectivity index is 2.42. The van der Waals surface area contributed by atoms with Crippen molar-refractivity contribution in [3.05, 3.63) is 38.8 Å². The Morgan fingerprint density at radius 2 is 1.75 bits per heavy atom. The van der Waals surface area contributed by atoms with E-state index in [0.717, 1.165) is 5.56 Å². The lowest BCUT2D eigenvalue weighted by Crippen LogP contribution is -2.12. The predicted molar refractivity (Wildman–Crippen MR) is 77.8 cm³/mol. The maximum atomic E-state index is 11.3. The number of aryl methyl sites for hydroxylation is 1. The molecular formula is C11H8Cl3N5O. The number of nitrogens with two attached hydrogens (primary N) is 1. The van der Waals surface area contributed by atoms with Gasteiger partial charge in [0.05, 0.1) is 10.6 Å². The molecule has 1 amide bonds. The molecule has 3 N–H and O–H groups in total. The average molecular weight is 333 g/mol. The summed E-state index contributed by atoms with van der Waals surface area (Å²) < 4.78 is 0. The first-order chi connectivity index (χ1) is 9.36. The summed E-state index contributed by atoms with van der Waals surface area (Å²) in [7, 11) is 0. The van der Waals surface area contributed by atoms with Crippen molar-refractivity contribution in [3.8, 4) is 0 Å². The highest BCUT2D eigenvalue weighted by atomic mass is 35.5. The van der Waals surface area contributed by atoms with Gasteiger partial charge in [0.2, 0.25) is 22.4 Å². The van der Waals surface area contributed by atoms with Gasteiger partial charge >= 0.3 is 0 Å². The van der Waals surface area contributed by atoms with Crippen molar-refractivity contribution in [1.82, 2.24) is 15.0 Å². The fraction of sp³-hybridized carbons (Fsp3) is 0.0909. The molecule has 9 heteroatoms. The van der Waals surface area contributed by atoms with Crippen LogP contribution in [0.25, 0.3) is 0 Å². The molecule has 0 saturated heterocycles. The monoisotopic (exact) mass is 331 g/mol. The molecule has 6 nitrogen and oxygen atoms in total. The van der Waals surface area contributed by atoms with E-state index in [-0.39, 0.29) is 27.1 Å². The Morgan fingerprint density at radius 1 is 1.15 bits per heavy atom. The van der Waals surface area contributed by atoms with E-state index in [2.05, 4.69) is 20.3 Å². The van der Waals surface area contributed by atoms with Gasteiger partial charge in [-0.25, -0.2) is 0 Å². The Labute approximate surface area is 129 Å². The molecule has 104 valence electrons. The Morgan fingerprint density at radius 3 is 2.30 bits per heavy atom. The fourth-order valence-corrected chi connectivity index (χ4v) is 2.17. The maximum Gasteiger partial charge on any atom is 0.250 e. The van der Waals surface area contributed by atoms with Crippen molar-refractivity contribution in [2.75, 3.05) is 5.32 Å². The lowest BCUT2D eigenvalue weighted by atomic mass is 10.1. The summed E-state index contributed by atoms with van der Waals surface area (Å²) in [6.45, 7) is 1.80. The average Bonchev–Trinajstić information content (AvgIpc) is 2.30. The Kier molecular flexibility index (Phi) is 4.27. The molecule has 0 aliphatic rings. The van der Waals surface area contributed by atoms with Crippen LogP contribution in [0.15, 0.2) is 12.1 Å². The number of aromatic nitrogens is 3. The number of nitrogens with zero attached hydrogens (tertiary/aromatic N) is 3. The van der Waals surface area contributed by atoms with E-state index < -0.39 is 5.91 Å². The molecule has 0 aliphatic carbocycles. The van der Waals surface area contributed by atoms with Crippen LogP contribution in [0.1, 0.15) is 15.9 Å². The number of carbonyl (C=O) groups is 1. The zero-order chi connectivity index (χ0) is 14.9. The second-order valence-electron chi connectivity index (χ2n) is 3.83. The normalized spacial score (nSPS) is 10.4. The summed E-state index contributed by atoms with van der Waals surface area (Å²) in [6.07, 6.45) is 0. The van der Waals surface area contributed by atoms with Crippen LogP contribution in [0.3, 0.4) is 0 Å². The molecule has 0 radical (unpaired) electrons. The molecule has 0 atom stereocenters. The number of halogens is 3. The largest absolute Gasteiger partial charge is 0.366 e. The van der Waals surface area contributed by atoms with Gasteiger partial charge in [-0.2, -0.15) is 15.0 Å². The zero-order valence-electron chi connectivity index (χ0n) is 10.1. The molecular weight excluding hydrogens is 325 g/mol. The molecule has 0 bridgehead atoms. The lowest BCUT2D eigenvalue weighted by molar-refractivity contribution is 0.100. The number of hydrogen-bond acceptors (Lipinski definition) is 5. The van der Waals surface area contributed by atoms with Gasteiger partial charge in [-0.15, -0.1) is 0 Å². The molecule has 1 aromatic carbocycles. The van der Waals surface area contributed by atoms with Gasteiger partial charge in [0.25, 0.3) is 0 Å². The van der Waals surface area contributed by atoms with Crippen LogP contribution >= 0.6 is 34.8 Å². The molecule has 0 spiro atoms. The van der Waals surface area contributed by atoms with Crippen LogP contribution < -0.4 is 11.1 Å². The van der Waals surface area contributed by atoms with Gasteiger partial charge in [0.15, 0.2) is 0 Å². The summed E-state index contributed by atoms with van der Waals surface area (Å²) >= 11 is 17.3. The summed E-state index contributed by atoms with van der Waals surface area (Å²) in [4.78, 5) is 22.6. The fourth-order valence-electron chi connectivity index (χ4n) is 1.50. The van der Waals surface area contributed by atoms with Gasteiger partial charge < -0.3 is 11.1 Å². The summed E-state index contributed by atoms with van der Waals surface area (Å²) in [5.41, 5.74) is 6.75. The molecule has 0 saturated carbocycles. The standard InChI is InChI=1S/C11H8Cl3N5O/c1-4-2-6(12)5(8(15)20)3-7(4)16-11-18-9(13)17-10(14)19-11/h2-3H,1H3,(H2,15,20)(H,16,17,18,19). The van der Waals surface area contributed by atoms with Crippen LogP contribution in [0.5, 0.6) is 0 Å². The van der Waals surface area contributed by atoms with Gasteiger partial charge in [-0.05, 0) is 47.8 Å². The van der Waals surface area contributed by atoms with Gasteiger partial charge in [-0.1, -0.05) is 11.6 Å². The molecule has 1 heterocycles. The van der Waals surface area contributed by atoms with E-state index in [1.54, 1.807) is 13.0 Å². The second-order valence-corrected chi connectivity index (χ2v) is 4.92. The minimum Gasteiger partial charge on any atom is -0.366 e. The molecule has 0 unspecified atom stereocenters. The third-order valence-electron chi connectivity index (χ3n) is 2.41. The van der Waals surface area contributed by atoms with E-state index in [4.69, 9.17) is 40.5 Å². The van der Waals surface area contributed by atoms with Gasteiger partial charge in [0, 0.05) is 5.69 Å². The van der Waals surface area contributed by atoms with Crippen molar-refractivity contribution in [3.63, 3.8) is 0 Å². The van der Waals surface area contributed by atoms with Crippen LogP contribution in [0.4, 0.5) is 11.6 Å². The first-order valence-corrected chi connectivity index (χ1v) is 6.44. The van der Waals surface area contributed by atoms with Crippen molar-refractivity contribution >= 4 is 52.3 Å². The number of nitrogens with one attached hydrogen (secondary N) is 1. The van der Waals surface area contributed by atoms with E-state index in [1.165, 1.54) is 6.07 Å². The van der Waals surface area contributed by atoms with E-state index in [1.807, 2.05) is 0 Å². The highest BCUT2D eigenvalue weighted by molar-refractivity contribution is 6.34. The number of benzene rings is 1. The molecule has 0 fully saturated rings. The smallest absolute Gasteiger partial charge is 0.250 e. The van der Waals surface area contributed by atoms with Crippen molar-refractivity contribution < 1.29 is 4.79 Å². The van der Waals surface area contributed by atoms with Crippen molar-refractivity contribution in [1.29, 1.82) is 0 Å². The van der Waals surface area contributed by atoms with E-state index in [9.17, 15) is 4.79 Å². The highest BCUT2D eigenvalue weighted by Crippen LogP contribution is 2.26. The number of primary amides is 1. The molecule has 2 aromatic rings. The van der Waals surface area contributed by atoms with E-state index in [0.29, 0.717) is 5.69 Å². The van der Waals surface area contributed by atoms with Crippen LogP contribution in [-0.2, 0) is 0 Å². The first kappa shape index (κ1) is 14.8. The predicted octanol–water partition coefficient (Wildman–Crippen LogP) is 2.98. The zero-order valence-corrected chi connectivity index (χ0v) is 12.4. The maximum absolute atomic E-state index is 11.3. The second kappa shape index (κ2) is 5.78. The molecule has 0 aliphatic heterocycles. The van der Waals surface area contributed by atoms with Gasteiger partial charge in [0.1, 0.15) is 0 Å². The van der Waals surface area contributed by atoms with Crippen LogP contribution in [-0.4, -0.2) is 20.9 Å². The topological polar surface area (TPSA) is 93.8 Å². The minimum absolute atomic E-state index is 0.0470. The quantitative estimate of drug-likeness (QED) is 0.901.